The van der Waals surface area contributed by atoms with Crippen molar-refractivity contribution >= 4 is 10.9 Å². The van der Waals surface area contributed by atoms with Crippen molar-refractivity contribution in [3.63, 3.8) is 0 Å². The summed E-state index contributed by atoms with van der Waals surface area (Å²) in [5.41, 5.74) is 2.31. The fraction of sp³-hybridized carbons (Fsp3) is 0.154. The van der Waals surface area contributed by atoms with Gasteiger partial charge in [0.2, 0.25) is 0 Å². The van der Waals surface area contributed by atoms with Crippen LogP contribution in [0.1, 0.15) is 5.56 Å². The molecule has 0 amide bonds. The third-order valence-corrected chi connectivity index (χ3v) is 2.32. The molecular weight excluding hydrogens is 184 g/mol. The van der Waals surface area contributed by atoms with E-state index in [4.69, 9.17) is 0 Å². The van der Waals surface area contributed by atoms with Gasteiger partial charge in [-0.2, -0.15) is 0 Å². The Kier molecular flexibility index (Phi) is 3.10. The van der Waals surface area contributed by atoms with E-state index in [1.165, 1.54) is 10.9 Å². The van der Waals surface area contributed by atoms with Gasteiger partial charge in [-0.3, -0.25) is 4.98 Å². The van der Waals surface area contributed by atoms with Crippen LogP contribution in [-0.4, -0.2) is 11.5 Å². The molecule has 0 aliphatic rings. The molecule has 0 unspecified atom stereocenters. The van der Waals surface area contributed by atoms with Gasteiger partial charge in [0.05, 0.1) is 5.52 Å². The standard InChI is InChI=1S/C13H14N2/c1-2-8-14-10-12-6-3-5-11-7-4-9-15-13(11)12/h2-7,9,14H,1,8,10H2. The zero-order valence-corrected chi connectivity index (χ0v) is 8.61. The van der Waals surface area contributed by atoms with E-state index >= 15 is 0 Å². The van der Waals surface area contributed by atoms with E-state index in [-0.39, 0.29) is 0 Å². The monoisotopic (exact) mass is 198 g/mol. The van der Waals surface area contributed by atoms with Crippen LogP contribution in [0.5, 0.6) is 0 Å². The largest absolute Gasteiger partial charge is 0.309 e. The first-order chi connectivity index (χ1) is 7.42. The first-order valence-corrected chi connectivity index (χ1v) is 5.06. The topological polar surface area (TPSA) is 24.9 Å². The maximum atomic E-state index is 4.39. The Morgan fingerprint density at radius 1 is 1.27 bits per heavy atom. The zero-order valence-electron chi connectivity index (χ0n) is 8.61. The summed E-state index contributed by atoms with van der Waals surface area (Å²) in [4.78, 5) is 4.39. The van der Waals surface area contributed by atoms with Crippen molar-refractivity contribution in [2.24, 2.45) is 0 Å². The van der Waals surface area contributed by atoms with Crippen molar-refractivity contribution in [3.8, 4) is 0 Å². The number of rotatable bonds is 4. The Hall–Kier alpha value is -1.67. The Balaban J connectivity index is 2.30. The van der Waals surface area contributed by atoms with Gasteiger partial charge < -0.3 is 5.32 Å². The van der Waals surface area contributed by atoms with Crippen LogP contribution in [0.2, 0.25) is 0 Å². The minimum atomic E-state index is 0.823. The van der Waals surface area contributed by atoms with E-state index < -0.39 is 0 Å². The fourth-order valence-corrected chi connectivity index (χ4v) is 1.62. The molecule has 2 heteroatoms. The summed E-state index contributed by atoms with van der Waals surface area (Å²) in [7, 11) is 0. The number of hydrogen-bond acceptors (Lipinski definition) is 2. The van der Waals surface area contributed by atoms with Gasteiger partial charge in [0.15, 0.2) is 0 Å². The van der Waals surface area contributed by atoms with E-state index in [1.807, 2.05) is 18.3 Å². The Labute approximate surface area is 89.7 Å². The van der Waals surface area contributed by atoms with Gasteiger partial charge in [-0.05, 0) is 11.6 Å². The lowest BCUT2D eigenvalue weighted by molar-refractivity contribution is 0.763. The molecule has 76 valence electrons. The first-order valence-electron chi connectivity index (χ1n) is 5.06. The van der Waals surface area contributed by atoms with Crippen LogP contribution in [0, 0.1) is 0 Å². The van der Waals surface area contributed by atoms with Crippen LogP contribution in [-0.2, 0) is 6.54 Å². The Bertz CT molecular complexity index is 458. The van der Waals surface area contributed by atoms with Crippen LogP contribution in [0.15, 0.2) is 49.2 Å². The predicted octanol–water partition coefficient (Wildman–Crippen LogP) is 2.51. The maximum Gasteiger partial charge on any atom is 0.0746 e. The average Bonchev–Trinajstić information content (AvgIpc) is 2.30. The summed E-state index contributed by atoms with van der Waals surface area (Å²) >= 11 is 0. The number of nitrogens with zero attached hydrogens (tertiary/aromatic N) is 1. The normalized spacial score (nSPS) is 10.4. The predicted molar refractivity (Wildman–Crippen MR) is 63.6 cm³/mol. The van der Waals surface area contributed by atoms with Crippen molar-refractivity contribution < 1.29 is 0 Å². The zero-order chi connectivity index (χ0) is 10.5. The van der Waals surface area contributed by atoms with Crippen molar-refractivity contribution in [2.45, 2.75) is 6.54 Å². The summed E-state index contributed by atoms with van der Waals surface area (Å²) in [5.74, 6) is 0. The van der Waals surface area contributed by atoms with E-state index in [1.54, 1.807) is 0 Å². The molecule has 0 saturated carbocycles. The fourth-order valence-electron chi connectivity index (χ4n) is 1.62. The molecule has 0 aliphatic carbocycles. The summed E-state index contributed by atoms with van der Waals surface area (Å²) in [5, 5.41) is 4.48. The van der Waals surface area contributed by atoms with Crippen molar-refractivity contribution in [1.29, 1.82) is 0 Å². The number of hydrogen-bond donors (Lipinski definition) is 1. The molecule has 0 fully saturated rings. The maximum absolute atomic E-state index is 4.39. The smallest absolute Gasteiger partial charge is 0.0746 e. The molecule has 1 heterocycles. The van der Waals surface area contributed by atoms with Gasteiger partial charge in [0.25, 0.3) is 0 Å². The van der Waals surface area contributed by atoms with Gasteiger partial charge >= 0.3 is 0 Å². The van der Waals surface area contributed by atoms with Crippen LogP contribution in [0.25, 0.3) is 10.9 Å². The van der Waals surface area contributed by atoms with Crippen LogP contribution in [0.3, 0.4) is 0 Å². The highest BCUT2D eigenvalue weighted by Gasteiger charge is 1.99. The lowest BCUT2D eigenvalue weighted by Gasteiger charge is -2.05. The molecule has 0 aliphatic heterocycles. The molecule has 2 aromatic rings. The molecule has 0 spiro atoms. The highest BCUT2D eigenvalue weighted by Crippen LogP contribution is 2.15. The second kappa shape index (κ2) is 4.71. The average molecular weight is 198 g/mol. The van der Waals surface area contributed by atoms with Gasteiger partial charge in [-0.1, -0.05) is 30.3 Å². The summed E-state index contributed by atoms with van der Waals surface area (Å²) < 4.78 is 0. The van der Waals surface area contributed by atoms with Crippen molar-refractivity contribution in [2.75, 3.05) is 6.54 Å². The molecule has 1 N–H and O–H groups in total. The van der Waals surface area contributed by atoms with E-state index in [9.17, 15) is 0 Å². The second-order valence-electron chi connectivity index (χ2n) is 3.41. The quantitative estimate of drug-likeness (QED) is 0.603. The SMILES string of the molecule is C=CCNCc1cccc2cccnc12. The summed E-state index contributed by atoms with van der Waals surface area (Å²) in [6.45, 7) is 5.33. The molecule has 0 bridgehead atoms. The van der Waals surface area contributed by atoms with Gasteiger partial charge in [0.1, 0.15) is 0 Å². The van der Waals surface area contributed by atoms with E-state index in [0.29, 0.717) is 0 Å². The molecule has 15 heavy (non-hydrogen) atoms. The van der Waals surface area contributed by atoms with E-state index in [2.05, 4.69) is 41.1 Å². The minimum Gasteiger partial charge on any atom is -0.309 e. The lowest BCUT2D eigenvalue weighted by Crippen LogP contribution is -2.12. The highest BCUT2D eigenvalue weighted by atomic mass is 14.8. The number of pyridine rings is 1. The number of nitrogens with one attached hydrogen (secondary N) is 1. The first kappa shape index (κ1) is 9.87. The molecule has 0 saturated heterocycles. The highest BCUT2D eigenvalue weighted by molar-refractivity contribution is 5.81. The molecule has 1 aromatic heterocycles. The molecule has 2 nitrogen and oxygen atoms in total. The molecular formula is C13H14N2. The van der Waals surface area contributed by atoms with Crippen LogP contribution < -0.4 is 5.32 Å². The Morgan fingerprint density at radius 3 is 3.00 bits per heavy atom. The summed E-state index contributed by atoms with van der Waals surface area (Å²) in [6.07, 6.45) is 3.69. The van der Waals surface area contributed by atoms with E-state index in [0.717, 1.165) is 18.6 Å². The minimum absolute atomic E-state index is 0.823. The third kappa shape index (κ3) is 2.22. The number of benzene rings is 1. The summed E-state index contributed by atoms with van der Waals surface area (Å²) in [6, 6.07) is 10.3. The molecule has 0 radical (unpaired) electrons. The Morgan fingerprint density at radius 2 is 2.13 bits per heavy atom. The van der Waals surface area contributed by atoms with Gasteiger partial charge in [-0.15, -0.1) is 6.58 Å². The second-order valence-corrected chi connectivity index (χ2v) is 3.41. The molecule has 2 rings (SSSR count). The number of fused-ring (bicyclic) bond motifs is 1. The number of aromatic nitrogens is 1. The van der Waals surface area contributed by atoms with Crippen LogP contribution >= 0.6 is 0 Å². The van der Waals surface area contributed by atoms with Crippen LogP contribution in [0.4, 0.5) is 0 Å². The molecule has 1 aromatic carbocycles. The third-order valence-electron chi connectivity index (χ3n) is 2.32. The molecule has 0 atom stereocenters. The number of para-hydroxylation sites is 1. The van der Waals surface area contributed by atoms with Gasteiger partial charge in [-0.25, -0.2) is 0 Å². The lowest BCUT2D eigenvalue weighted by atomic mass is 10.1. The van der Waals surface area contributed by atoms with Crippen molar-refractivity contribution in [1.82, 2.24) is 10.3 Å². The van der Waals surface area contributed by atoms with Crippen molar-refractivity contribution in [3.05, 3.63) is 54.7 Å². The van der Waals surface area contributed by atoms with Gasteiger partial charge in [0, 0.05) is 24.7 Å².